The Balaban J connectivity index is 1.34. The maximum Gasteiger partial charge on any atom is 0.190 e. The number of morpholine rings is 1. The van der Waals surface area contributed by atoms with Crippen LogP contribution in [0.4, 0.5) is 0 Å². The zero-order valence-corrected chi connectivity index (χ0v) is 18.6. The molecule has 168 valence electrons. The van der Waals surface area contributed by atoms with E-state index in [0.29, 0.717) is 13.2 Å². The highest BCUT2D eigenvalue weighted by Crippen LogP contribution is 2.44. The minimum absolute atomic E-state index is 0.225. The van der Waals surface area contributed by atoms with Crippen molar-refractivity contribution in [2.75, 3.05) is 52.6 Å². The molecular weight excluding hydrogens is 378 g/mol. The van der Waals surface area contributed by atoms with Gasteiger partial charge in [-0.1, -0.05) is 6.92 Å². The molecule has 0 bridgehead atoms. The van der Waals surface area contributed by atoms with Crippen molar-refractivity contribution in [3.8, 4) is 0 Å². The summed E-state index contributed by atoms with van der Waals surface area (Å²) in [4.78, 5) is 0. The van der Waals surface area contributed by atoms with Crippen LogP contribution in [-0.2, 0) is 33.2 Å². The first-order valence-corrected chi connectivity index (χ1v) is 11.1. The summed E-state index contributed by atoms with van der Waals surface area (Å²) in [5, 5.41) is 0. The molecule has 8 heteroatoms. The van der Waals surface area contributed by atoms with Gasteiger partial charge in [0, 0.05) is 0 Å². The second kappa shape index (κ2) is 8.31. The summed E-state index contributed by atoms with van der Waals surface area (Å²) >= 11 is 0. The van der Waals surface area contributed by atoms with Crippen LogP contribution in [0.5, 0.6) is 0 Å². The number of hydrogen-bond acceptors (Lipinski definition) is 7. The van der Waals surface area contributed by atoms with Gasteiger partial charge >= 0.3 is 0 Å². The maximum absolute atomic E-state index is 6.22. The maximum atomic E-state index is 6.22. The predicted molar refractivity (Wildman–Crippen MR) is 104 cm³/mol. The van der Waals surface area contributed by atoms with E-state index in [4.69, 9.17) is 33.2 Å². The van der Waals surface area contributed by atoms with Gasteiger partial charge in [-0.15, -0.1) is 0 Å². The average molecular weight is 417 g/mol. The molecule has 4 aliphatic rings. The molecule has 4 fully saturated rings. The van der Waals surface area contributed by atoms with Crippen molar-refractivity contribution in [1.29, 1.82) is 0 Å². The zero-order chi connectivity index (χ0) is 20.7. The molecule has 4 rings (SSSR count). The molecule has 4 aliphatic heterocycles. The molecule has 8 nitrogen and oxygen atoms in total. The Kier molecular flexibility index (Phi) is 6.28. The molecule has 0 aromatic rings. The van der Waals surface area contributed by atoms with Crippen molar-refractivity contribution in [3.63, 3.8) is 0 Å². The fourth-order valence-corrected chi connectivity index (χ4v) is 5.05. The summed E-state index contributed by atoms with van der Waals surface area (Å²) in [7, 11) is 0. The highest BCUT2D eigenvalue weighted by atomic mass is 16.9. The molecule has 0 spiro atoms. The van der Waals surface area contributed by atoms with Crippen molar-refractivity contribution < 1.29 is 37.6 Å². The Morgan fingerprint density at radius 2 is 1.52 bits per heavy atom. The van der Waals surface area contributed by atoms with E-state index in [1.54, 1.807) is 0 Å². The number of hydrogen-bond donors (Lipinski definition) is 0. The third-order valence-corrected chi connectivity index (χ3v) is 6.36. The van der Waals surface area contributed by atoms with Crippen molar-refractivity contribution in [2.24, 2.45) is 0 Å². The van der Waals surface area contributed by atoms with E-state index >= 15 is 0 Å². The number of fused-ring (bicyclic) bond motifs is 3. The standard InChI is InChI=1S/C21H38NO7/c1-6-7-22(8-11-23-12-9-22)10-13-24-14-15-16-17(27-20(2,3)26-16)18-19(25-15)29-21(4,5)28-18/h15-19H,6-14H2,1-5H3/q+1. The van der Waals surface area contributed by atoms with Crippen LogP contribution in [0.15, 0.2) is 0 Å². The molecule has 0 aromatic heterocycles. The minimum atomic E-state index is -0.696. The van der Waals surface area contributed by atoms with Crippen LogP contribution in [0.3, 0.4) is 0 Å². The van der Waals surface area contributed by atoms with Gasteiger partial charge in [0.1, 0.15) is 44.1 Å². The molecule has 5 atom stereocenters. The van der Waals surface area contributed by atoms with E-state index < -0.39 is 17.9 Å². The molecule has 29 heavy (non-hydrogen) atoms. The van der Waals surface area contributed by atoms with Crippen LogP contribution < -0.4 is 0 Å². The van der Waals surface area contributed by atoms with E-state index in [1.165, 1.54) is 13.0 Å². The zero-order valence-electron chi connectivity index (χ0n) is 18.6. The van der Waals surface area contributed by atoms with Crippen LogP contribution >= 0.6 is 0 Å². The minimum Gasteiger partial charge on any atom is -0.373 e. The highest BCUT2D eigenvalue weighted by Gasteiger charge is 2.60. The number of nitrogens with zero attached hydrogens (tertiary/aromatic N) is 1. The Bertz CT molecular complexity index is 558. The van der Waals surface area contributed by atoms with Gasteiger partial charge < -0.3 is 37.6 Å². The molecule has 0 aliphatic carbocycles. The third-order valence-electron chi connectivity index (χ3n) is 6.36. The fourth-order valence-electron chi connectivity index (χ4n) is 5.05. The lowest BCUT2D eigenvalue weighted by Gasteiger charge is -2.41. The summed E-state index contributed by atoms with van der Waals surface area (Å²) in [5.41, 5.74) is 0. The quantitative estimate of drug-likeness (QED) is 0.462. The average Bonchev–Trinajstić information content (AvgIpc) is 3.14. The summed E-state index contributed by atoms with van der Waals surface area (Å²) in [6.45, 7) is 17.0. The summed E-state index contributed by atoms with van der Waals surface area (Å²) in [6, 6.07) is 0. The van der Waals surface area contributed by atoms with E-state index in [9.17, 15) is 0 Å². The van der Waals surface area contributed by atoms with E-state index in [1.807, 2.05) is 27.7 Å². The normalized spacial score (nSPS) is 39.8. The van der Waals surface area contributed by atoms with Crippen molar-refractivity contribution >= 4 is 0 Å². The molecular formula is C21H38NO7+. The fraction of sp³-hybridized carbons (Fsp3) is 1.00. The van der Waals surface area contributed by atoms with Crippen LogP contribution in [0.2, 0.25) is 0 Å². The predicted octanol–water partition coefficient (Wildman–Crippen LogP) is 1.66. The Hall–Kier alpha value is -0.320. The second-order valence-corrected chi connectivity index (χ2v) is 9.63. The van der Waals surface area contributed by atoms with Crippen LogP contribution in [-0.4, -0.2) is 99.4 Å². The summed E-state index contributed by atoms with van der Waals surface area (Å²) in [5.74, 6) is -1.37. The molecule has 5 unspecified atom stereocenters. The van der Waals surface area contributed by atoms with Crippen molar-refractivity contribution in [1.82, 2.24) is 0 Å². The second-order valence-electron chi connectivity index (χ2n) is 9.63. The lowest BCUT2D eigenvalue weighted by atomic mass is 9.99. The van der Waals surface area contributed by atoms with Gasteiger partial charge in [-0.3, -0.25) is 0 Å². The molecule has 4 heterocycles. The molecule has 0 amide bonds. The van der Waals surface area contributed by atoms with Gasteiger partial charge in [0.2, 0.25) is 0 Å². The van der Waals surface area contributed by atoms with E-state index in [0.717, 1.165) is 37.3 Å². The largest absolute Gasteiger partial charge is 0.373 e. The lowest BCUT2D eigenvalue weighted by molar-refractivity contribution is -0.935. The van der Waals surface area contributed by atoms with Gasteiger partial charge in [0.15, 0.2) is 17.9 Å². The van der Waals surface area contributed by atoms with Gasteiger partial charge in [0.05, 0.1) is 33.0 Å². The van der Waals surface area contributed by atoms with Crippen LogP contribution in [0.25, 0.3) is 0 Å². The monoisotopic (exact) mass is 416 g/mol. The van der Waals surface area contributed by atoms with Gasteiger partial charge in [-0.2, -0.15) is 0 Å². The number of rotatable bonds is 7. The van der Waals surface area contributed by atoms with E-state index in [2.05, 4.69) is 6.92 Å². The van der Waals surface area contributed by atoms with Gasteiger partial charge in [-0.05, 0) is 34.1 Å². The number of quaternary nitrogens is 1. The number of ether oxygens (including phenoxy) is 7. The molecule has 0 radical (unpaired) electrons. The molecule has 0 N–H and O–H groups in total. The summed E-state index contributed by atoms with van der Waals surface area (Å²) in [6.07, 6.45) is -0.284. The van der Waals surface area contributed by atoms with Crippen LogP contribution in [0, 0.1) is 0 Å². The Morgan fingerprint density at radius 1 is 0.862 bits per heavy atom. The van der Waals surface area contributed by atoms with Gasteiger partial charge in [-0.25, -0.2) is 0 Å². The van der Waals surface area contributed by atoms with Gasteiger partial charge in [0.25, 0.3) is 0 Å². The highest BCUT2D eigenvalue weighted by molar-refractivity contribution is 5.00. The Morgan fingerprint density at radius 3 is 2.24 bits per heavy atom. The van der Waals surface area contributed by atoms with Crippen LogP contribution in [0.1, 0.15) is 41.0 Å². The first-order chi connectivity index (χ1) is 13.7. The molecule has 4 saturated heterocycles. The molecule has 0 saturated carbocycles. The van der Waals surface area contributed by atoms with E-state index in [-0.39, 0.29) is 24.4 Å². The van der Waals surface area contributed by atoms with Crippen molar-refractivity contribution in [3.05, 3.63) is 0 Å². The molecule has 0 aromatic carbocycles. The third kappa shape index (κ3) is 4.80. The Labute approximate surface area is 174 Å². The first-order valence-electron chi connectivity index (χ1n) is 11.1. The first kappa shape index (κ1) is 21.9. The SMILES string of the molecule is CCC[N+]1(CCOCC2OC3OC(C)(C)OC3C3OC(C)(C)OC23)CCOCC1. The topological polar surface area (TPSA) is 64.6 Å². The lowest BCUT2D eigenvalue weighted by Crippen LogP contribution is -2.58. The smallest absolute Gasteiger partial charge is 0.190 e. The van der Waals surface area contributed by atoms with Crippen molar-refractivity contribution in [2.45, 2.75) is 83.3 Å². The summed E-state index contributed by atoms with van der Waals surface area (Å²) < 4.78 is 43.3.